The monoisotopic (exact) mass is 452 g/mol. The van der Waals surface area contributed by atoms with Crippen molar-refractivity contribution in [1.29, 1.82) is 0 Å². The highest BCUT2D eigenvalue weighted by Gasteiger charge is 2.31. The van der Waals surface area contributed by atoms with Gasteiger partial charge in [-0.3, -0.25) is 4.79 Å². The van der Waals surface area contributed by atoms with Crippen LogP contribution in [0.3, 0.4) is 0 Å². The van der Waals surface area contributed by atoms with Crippen LogP contribution in [0.1, 0.15) is 22.1 Å². The second kappa shape index (κ2) is 7.90. The molecule has 0 saturated heterocycles. The Bertz CT molecular complexity index is 1280. The van der Waals surface area contributed by atoms with Gasteiger partial charge in [0.2, 0.25) is 11.0 Å². The third-order valence-electron chi connectivity index (χ3n) is 5.19. The normalized spacial score (nSPS) is 16.0. The number of hydrogen-bond acceptors (Lipinski definition) is 7. The van der Waals surface area contributed by atoms with Crippen LogP contribution in [0.2, 0.25) is 0 Å². The summed E-state index contributed by atoms with van der Waals surface area (Å²) >= 11 is 3.11. The zero-order valence-electron chi connectivity index (χ0n) is 17.2. The van der Waals surface area contributed by atoms with E-state index in [2.05, 4.69) is 5.32 Å². The average Bonchev–Trinajstić information content (AvgIpc) is 3.29. The number of nitrogens with zero attached hydrogens (tertiary/aromatic N) is 3. The SMILES string of the molecule is COc1ccc([C@@H]2SCC(=O)Nc3c2c(C)nn3-c2nc3ccc(OC)cc3s2)cc1. The molecule has 4 aromatic rings. The lowest BCUT2D eigenvalue weighted by atomic mass is 10.0. The Balaban J connectivity index is 1.64. The predicted octanol–water partition coefficient (Wildman–Crippen LogP) is 4.58. The van der Waals surface area contributed by atoms with Crippen molar-refractivity contribution in [1.82, 2.24) is 14.8 Å². The number of thioether (sulfide) groups is 1. The smallest absolute Gasteiger partial charge is 0.235 e. The maximum Gasteiger partial charge on any atom is 0.235 e. The molecule has 9 heteroatoms. The van der Waals surface area contributed by atoms with Crippen LogP contribution in [0.15, 0.2) is 42.5 Å². The number of benzene rings is 2. The molecule has 0 fully saturated rings. The lowest BCUT2D eigenvalue weighted by Gasteiger charge is -2.15. The van der Waals surface area contributed by atoms with Crippen molar-refractivity contribution in [2.24, 2.45) is 0 Å². The molecule has 1 aliphatic rings. The Morgan fingerprint density at radius 1 is 1.10 bits per heavy atom. The van der Waals surface area contributed by atoms with Crippen LogP contribution >= 0.6 is 23.1 Å². The van der Waals surface area contributed by atoms with Gasteiger partial charge >= 0.3 is 0 Å². The van der Waals surface area contributed by atoms with E-state index in [1.807, 2.05) is 49.4 Å². The highest BCUT2D eigenvalue weighted by Crippen LogP contribution is 2.44. The fourth-order valence-corrected chi connectivity index (χ4v) is 5.82. The molecule has 0 aliphatic carbocycles. The lowest BCUT2D eigenvalue weighted by molar-refractivity contribution is -0.113. The summed E-state index contributed by atoms with van der Waals surface area (Å²) in [5.74, 6) is 2.57. The molecule has 0 radical (unpaired) electrons. The number of aromatic nitrogens is 3. The maximum atomic E-state index is 12.5. The van der Waals surface area contributed by atoms with Crippen molar-refractivity contribution in [3.05, 3.63) is 59.3 Å². The summed E-state index contributed by atoms with van der Waals surface area (Å²) in [6, 6.07) is 13.7. The predicted molar refractivity (Wildman–Crippen MR) is 124 cm³/mol. The quantitative estimate of drug-likeness (QED) is 0.488. The number of rotatable bonds is 4. The molecule has 5 rings (SSSR count). The number of hydrogen-bond donors (Lipinski definition) is 1. The first-order chi connectivity index (χ1) is 15.1. The summed E-state index contributed by atoms with van der Waals surface area (Å²) in [5, 5.41) is 8.50. The topological polar surface area (TPSA) is 78.3 Å². The minimum atomic E-state index is -0.0498. The second-order valence-corrected chi connectivity index (χ2v) is 9.20. The van der Waals surface area contributed by atoms with Crippen LogP contribution < -0.4 is 14.8 Å². The molecule has 3 heterocycles. The average molecular weight is 453 g/mol. The van der Waals surface area contributed by atoms with E-state index in [-0.39, 0.29) is 11.2 Å². The fraction of sp³-hybridized carbons (Fsp3) is 0.227. The van der Waals surface area contributed by atoms with E-state index in [0.717, 1.165) is 38.5 Å². The second-order valence-electron chi connectivity index (χ2n) is 7.10. The number of carbonyl (C=O) groups excluding carboxylic acids is 1. The largest absolute Gasteiger partial charge is 0.497 e. The van der Waals surface area contributed by atoms with Gasteiger partial charge in [-0.1, -0.05) is 23.5 Å². The Labute approximate surface area is 187 Å². The summed E-state index contributed by atoms with van der Waals surface area (Å²) in [6.45, 7) is 1.97. The van der Waals surface area contributed by atoms with Crippen LogP contribution in [-0.4, -0.2) is 40.6 Å². The fourth-order valence-electron chi connectivity index (χ4n) is 3.67. The minimum absolute atomic E-state index is 0.0249. The minimum Gasteiger partial charge on any atom is -0.497 e. The number of carbonyl (C=O) groups is 1. The summed E-state index contributed by atoms with van der Waals surface area (Å²) in [7, 11) is 3.30. The van der Waals surface area contributed by atoms with Crippen LogP contribution in [0.5, 0.6) is 11.5 Å². The van der Waals surface area contributed by atoms with E-state index in [4.69, 9.17) is 19.6 Å². The number of fused-ring (bicyclic) bond motifs is 2. The summed E-state index contributed by atoms with van der Waals surface area (Å²) < 4.78 is 13.4. The van der Waals surface area contributed by atoms with Gasteiger partial charge in [0.05, 0.1) is 41.1 Å². The zero-order valence-corrected chi connectivity index (χ0v) is 18.8. The highest BCUT2D eigenvalue weighted by atomic mass is 32.2. The first-order valence-corrected chi connectivity index (χ1v) is 11.5. The molecular formula is C22H20N4O3S2. The van der Waals surface area contributed by atoms with Crippen LogP contribution in [-0.2, 0) is 4.79 Å². The number of anilines is 1. The lowest BCUT2D eigenvalue weighted by Crippen LogP contribution is -2.15. The first kappa shape index (κ1) is 19.9. The third-order valence-corrected chi connectivity index (χ3v) is 7.46. The molecule has 7 nitrogen and oxygen atoms in total. The Morgan fingerprint density at radius 3 is 2.58 bits per heavy atom. The van der Waals surface area contributed by atoms with Gasteiger partial charge in [0.1, 0.15) is 17.3 Å². The third kappa shape index (κ3) is 3.53. The molecule has 2 aromatic carbocycles. The number of aryl methyl sites for hydroxylation is 1. The first-order valence-electron chi connectivity index (χ1n) is 9.67. The molecule has 0 unspecified atom stereocenters. The van der Waals surface area contributed by atoms with Gasteiger partial charge < -0.3 is 14.8 Å². The van der Waals surface area contributed by atoms with E-state index in [0.29, 0.717) is 16.7 Å². The van der Waals surface area contributed by atoms with Crippen molar-refractivity contribution in [2.75, 3.05) is 25.3 Å². The standard InChI is InChI=1S/C22H20N4O3S2/c1-12-19-20(13-4-6-14(28-2)7-5-13)30-11-18(27)24-21(19)26(25-12)22-23-16-9-8-15(29-3)10-17(16)31-22/h4-10,20H,11H2,1-3H3,(H,24,27)/t20-/m0/s1. The Kier molecular flexibility index (Phi) is 5.07. The Hall–Kier alpha value is -3.04. The van der Waals surface area contributed by atoms with Crippen LogP contribution in [0, 0.1) is 6.92 Å². The van der Waals surface area contributed by atoms with E-state index in [1.54, 1.807) is 30.7 Å². The molecule has 0 spiro atoms. The van der Waals surface area contributed by atoms with Crippen LogP contribution in [0.4, 0.5) is 5.82 Å². The number of thiazole rings is 1. The van der Waals surface area contributed by atoms with Gasteiger partial charge in [0, 0.05) is 5.56 Å². The molecule has 0 bridgehead atoms. The number of methoxy groups -OCH3 is 2. The van der Waals surface area contributed by atoms with E-state index < -0.39 is 0 Å². The Morgan fingerprint density at radius 2 is 1.84 bits per heavy atom. The molecule has 1 aliphatic heterocycles. The van der Waals surface area contributed by atoms with Gasteiger partial charge in [-0.15, -0.1) is 11.8 Å². The molecule has 0 saturated carbocycles. The maximum absolute atomic E-state index is 12.5. The van der Waals surface area contributed by atoms with Crippen molar-refractivity contribution in [3.8, 4) is 16.6 Å². The van der Waals surface area contributed by atoms with Gasteiger partial charge in [0.25, 0.3) is 0 Å². The molecular weight excluding hydrogens is 432 g/mol. The molecule has 1 atom stereocenters. The number of ether oxygens (including phenoxy) is 2. The van der Waals surface area contributed by atoms with E-state index in [1.165, 1.54) is 11.3 Å². The van der Waals surface area contributed by atoms with Crippen molar-refractivity contribution in [2.45, 2.75) is 12.2 Å². The molecule has 158 valence electrons. The van der Waals surface area contributed by atoms with Gasteiger partial charge in [-0.05, 0) is 42.8 Å². The van der Waals surface area contributed by atoms with E-state index in [9.17, 15) is 4.79 Å². The summed E-state index contributed by atoms with van der Waals surface area (Å²) in [6.07, 6.45) is 0. The number of nitrogens with one attached hydrogen (secondary N) is 1. The van der Waals surface area contributed by atoms with Crippen molar-refractivity contribution >= 4 is 45.0 Å². The van der Waals surface area contributed by atoms with Crippen LogP contribution in [0.25, 0.3) is 15.3 Å². The molecule has 1 amide bonds. The summed E-state index contributed by atoms with van der Waals surface area (Å²) in [4.78, 5) is 17.3. The molecule has 1 N–H and O–H groups in total. The summed E-state index contributed by atoms with van der Waals surface area (Å²) in [5.41, 5.74) is 3.82. The van der Waals surface area contributed by atoms with Gasteiger partial charge in [0.15, 0.2) is 0 Å². The van der Waals surface area contributed by atoms with Gasteiger partial charge in [-0.2, -0.15) is 9.78 Å². The molecule has 31 heavy (non-hydrogen) atoms. The molecule has 2 aromatic heterocycles. The van der Waals surface area contributed by atoms with Gasteiger partial charge in [-0.25, -0.2) is 4.98 Å². The van der Waals surface area contributed by atoms with Crippen molar-refractivity contribution in [3.63, 3.8) is 0 Å². The number of amides is 1. The zero-order chi connectivity index (χ0) is 21.5. The van der Waals surface area contributed by atoms with E-state index >= 15 is 0 Å². The van der Waals surface area contributed by atoms with Crippen molar-refractivity contribution < 1.29 is 14.3 Å². The highest BCUT2D eigenvalue weighted by molar-refractivity contribution is 8.00.